The molecule has 1 aromatic heterocycles. The van der Waals surface area contributed by atoms with Crippen LogP contribution in [-0.2, 0) is 10.0 Å². The number of nitrogens with one attached hydrogen (secondary N) is 2. The van der Waals surface area contributed by atoms with Gasteiger partial charge in [-0.3, -0.25) is 4.72 Å². The normalized spacial score (nSPS) is 13.0. The molecule has 0 bridgehead atoms. The molecule has 8 heteroatoms. The molecule has 0 amide bonds. The lowest BCUT2D eigenvalue weighted by Gasteiger charge is -2.14. The molecule has 0 radical (unpaired) electrons. The van der Waals surface area contributed by atoms with Crippen LogP contribution in [0.1, 0.15) is 18.7 Å². The molecular weight excluding hydrogens is 380 g/mol. The van der Waals surface area contributed by atoms with Crippen LogP contribution in [0.2, 0.25) is 5.02 Å². The van der Waals surface area contributed by atoms with E-state index in [2.05, 4.69) is 26.0 Å². The molecular formula is C13H14BrClN2O3S. The number of benzene rings is 1. The Morgan fingerprint density at radius 2 is 2.00 bits per heavy atom. The van der Waals surface area contributed by atoms with E-state index in [0.717, 1.165) is 17.7 Å². The third kappa shape index (κ3) is 4.66. The van der Waals surface area contributed by atoms with Crippen LogP contribution in [0.4, 0.5) is 11.4 Å². The Morgan fingerprint density at radius 3 is 2.52 bits per heavy atom. The average Bonchev–Trinajstić information content (AvgIpc) is 2.78. The Labute approximate surface area is 136 Å². The summed E-state index contributed by atoms with van der Waals surface area (Å²) < 4.78 is 30.9. The molecule has 0 aliphatic heterocycles. The molecule has 1 aromatic carbocycles. The molecule has 2 rings (SSSR count). The number of anilines is 2. The van der Waals surface area contributed by atoms with E-state index in [-0.39, 0.29) is 6.04 Å². The molecule has 5 nitrogen and oxygen atoms in total. The third-order valence-corrected chi connectivity index (χ3v) is 4.00. The monoisotopic (exact) mass is 392 g/mol. The Balaban J connectivity index is 2.13. The van der Waals surface area contributed by atoms with Crippen molar-refractivity contribution in [1.82, 2.24) is 0 Å². The number of sulfonamides is 1. The summed E-state index contributed by atoms with van der Waals surface area (Å²) in [5, 5.41) is 3.54. The SMILES string of the molecule is CC(Nc1ccc(NS(C)(=O)=O)c(Cl)c1)c1ccc(Br)o1. The molecule has 1 unspecified atom stereocenters. The Kier molecular flexibility index (Phi) is 4.85. The fourth-order valence-corrected chi connectivity index (χ4v) is 2.95. The van der Waals surface area contributed by atoms with E-state index >= 15 is 0 Å². The molecule has 2 aromatic rings. The molecule has 2 N–H and O–H groups in total. The highest BCUT2D eigenvalue weighted by Gasteiger charge is 2.11. The molecule has 21 heavy (non-hydrogen) atoms. The quantitative estimate of drug-likeness (QED) is 0.797. The van der Waals surface area contributed by atoms with Crippen LogP contribution in [0.3, 0.4) is 0 Å². The van der Waals surface area contributed by atoms with Gasteiger partial charge in [0, 0.05) is 5.69 Å². The molecule has 0 fully saturated rings. The minimum atomic E-state index is -3.35. The number of hydrogen-bond donors (Lipinski definition) is 2. The van der Waals surface area contributed by atoms with Gasteiger partial charge in [-0.15, -0.1) is 0 Å². The summed E-state index contributed by atoms with van der Waals surface area (Å²) in [6, 6.07) is 8.64. The molecule has 0 saturated carbocycles. The minimum absolute atomic E-state index is 0.0546. The predicted molar refractivity (Wildman–Crippen MR) is 88.4 cm³/mol. The lowest BCUT2D eigenvalue weighted by molar-refractivity contribution is 0.471. The van der Waals surface area contributed by atoms with E-state index in [1.807, 2.05) is 19.1 Å². The van der Waals surface area contributed by atoms with Gasteiger partial charge in [-0.05, 0) is 53.2 Å². The molecule has 1 heterocycles. The van der Waals surface area contributed by atoms with Crippen molar-refractivity contribution >= 4 is 48.9 Å². The van der Waals surface area contributed by atoms with E-state index in [1.54, 1.807) is 18.2 Å². The summed E-state index contributed by atoms with van der Waals surface area (Å²) >= 11 is 9.33. The van der Waals surface area contributed by atoms with Crippen LogP contribution in [0, 0.1) is 0 Å². The zero-order chi connectivity index (χ0) is 15.6. The van der Waals surface area contributed by atoms with E-state index in [0.29, 0.717) is 15.4 Å². The minimum Gasteiger partial charge on any atom is -0.452 e. The summed E-state index contributed by atoms with van der Waals surface area (Å²) in [6.45, 7) is 1.95. The van der Waals surface area contributed by atoms with Crippen LogP contribution < -0.4 is 10.0 Å². The van der Waals surface area contributed by atoms with Gasteiger partial charge < -0.3 is 9.73 Å². The van der Waals surface area contributed by atoms with Gasteiger partial charge in [-0.2, -0.15) is 0 Å². The molecule has 1 atom stereocenters. The second kappa shape index (κ2) is 6.29. The summed E-state index contributed by atoms with van der Waals surface area (Å²) in [7, 11) is -3.35. The first kappa shape index (κ1) is 16.2. The van der Waals surface area contributed by atoms with Gasteiger partial charge in [0.2, 0.25) is 10.0 Å². The highest BCUT2D eigenvalue weighted by Crippen LogP contribution is 2.29. The number of halogens is 2. The fourth-order valence-electron chi connectivity index (χ4n) is 1.77. The van der Waals surface area contributed by atoms with Crippen molar-refractivity contribution in [2.75, 3.05) is 16.3 Å². The van der Waals surface area contributed by atoms with Gasteiger partial charge in [0.25, 0.3) is 0 Å². The van der Waals surface area contributed by atoms with Crippen LogP contribution >= 0.6 is 27.5 Å². The Hall–Kier alpha value is -1.18. The average molecular weight is 394 g/mol. The van der Waals surface area contributed by atoms with E-state index in [1.165, 1.54) is 0 Å². The smallest absolute Gasteiger partial charge is 0.229 e. The number of rotatable bonds is 5. The van der Waals surface area contributed by atoms with Crippen molar-refractivity contribution < 1.29 is 12.8 Å². The van der Waals surface area contributed by atoms with Gasteiger partial charge in [-0.1, -0.05) is 11.6 Å². The topological polar surface area (TPSA) is 71.3 Å². The van der Waals surface area contributed by atoms with E-state index < -0.39 is 10.0 Å². The first-order chi connectivity index (χ1) is 9.74. The van der Waals surface area contributed by atoms with Crippen LogP contribution in [0.5, 0.6) is 0 Å². The van der Waals surface area contributed by atoms with Crippen molar-refractivity contribution in [3.05, 3.63) is 45.8 Å². The lowest BCUT2D eigenvalue weighted by atomic mass is 10.2. The van der Waals surface area contributed by atoms with Gasteiger partial charge in [0.05, 0.1) is 23.0 Å². The van der Waals surface area contributed by atoms with Crippen molar-refractivity contribution in [2.45, 2.75) is 13.0 Å². The zero-order valence-corrected chi connectivity index (χ0v) is 14.5. The van der Waals surface area contributed by atoms with Gasteiger partial charge in [-0.25, -0.2) is 8.42 Å². The fraction of sp³-hybridized carbons (Fsp3) is 0.231. The molecule has 0 saturated heterocycles. The molecule has 114 valence electrons. The highest BCUT2D eigenvalue weighted by molar-refractivity contribution is 9.10. The maximum absolute atomic E-state index is 11.2. The number of hydrogen-bond acceptors (Lipinski definition) is 4. The largest absolute Gasteiger partial charge is 0.452 e. The number of furan rings is 1. The van der Waals surface area contributed by atoms with Crippen LogP contribution in [0.15, 0.2) is 39.4 Å². The van der Waals surface area contributed by atoms with Gasteiger partial charge in [0.1, 0.15) is 5.76 Å². The van der Waals surface area contributed by atoms with Crippen molar-refractivity contribution in [3.63, 3.8) is 0 Å². The standard InChI is InChI=1S/C13H14BrClN2O3S/c1-8(12-5-6-13(14)20-12)16-9-3-4-11(10(15)7-9)17-21(2,18)19/h3-8,16-17H,1-2H3. The molecule has 0 aliphatic carbocycles. The van der Waals surface area contributed by atoms with Gasteiger partial charge >= 0.3 is 0 Å². The van der Waals surface area contributed by atoms with Crippen molar-refractivity contribution in [2.24, 2.45) is 0 Å². The highest BCUT2D eigenvalue weighted by atomic mass is 79.9. The first-order valence-electron chi connectivity index (χ1n) is 6.04. The lowest BCUT2D eigenvalue weighted by Crippen LogP contribution is -2.10. The summed E-state index contributed by atoms with van der Waals surface area (Å²) in [4.78, 5) is 0. The van der Waals surface area contributed by atoms with E-state index in [9.17, 15) is 8.42 Å². The van der Waals surface area contributed by atoms with E-state index in [4.69, 9.17) is 16.0 Å². The van der Waals surface area contributed by atoms with Crippen molar-refractivity contribution in [3.8, 4) is 0 Å². The van der Waals surface area contributed by atoms with Crippen LogP contribution in [-0.4, -0.2) is 14.7 Å². The Morgan fingerprint density at radius 1 is 1.29 bits per heavy atom. The second-order valence-corrected chi connectivity index (χ2v) is 7.51. The zero-order valence-electron chi connectivity index (χ0n) is 11.4. The summed E-state index contributed by atoms with van der Waals surface area (Å²) in [6.07, 6.45) is 1.08. The van der Waals surface area contributed by atoms with Gasteiger partial charge in [0.15, 0.2) is 4.67 Å². The third-order valence-electron chi connectivity index (χ3n) is 2.67. The second-order valence-electron chi connectivity index (χ2n) is 4.58. The predicted octanol–water partition coefficient (Wildman–Crippen LogP) is 4.24. The summed E-state index contributed by atoms with van der Waals surface area (Å²) in [5.41, 5.74) is 1.11. The first-order valence-corrected chi connectivity index (χ1v) is 9.10. The molecule has 0 spiro atoms. The maximum atomic E-state index is 11.2. The molecule has 0 aliphatic rings. The summed E-state index contributed by atoms with van der Waals surface area (Å²) in [5.74, 6) is 0.774. The Bertz CT molecular complexity index is 746. The maximum Gasteiger partial charge on any atom is 0.229 e. The van der Waals surface area contributed by atoms with Crippen LogP contribution in [0.25, 0.3) is 0 Å². The van der Waals surface area contributed by atoms with Crippen molar-refractivity contribution in [1.29, 1.82) is 0 Å².